The molecule has 0 radical (unpaired) electrons. The average molecular weight is 352 g/mol. The Morgan fingerprint density at radius 3 is 2.92 bits per heavy atom. The zero-order chi connectivity index (χ0) is 17.8. The summed E-state index contributed by atoms with van der Waals surface area (Å²) in [6.07, 6.45) is 7.30. The van der Waals surface area contributed by atoms with Crippen LogP contribution >= 0.6 is 0 Å². The molecule has 0 spiro atoms. The van der Waals surface area contributed by atoms with Crippen LogP contribution in [0, 0.1) is 0 Å². The Hall–Kier alpha value is -3.22. The highest BCUT2D eigenvalue weighted by atomic mass is 16.1. The average Bonchev–Trinajstić information content (AvgIpc) is 3.05. The summed E-state index contributed by atoms with van der Waals surface area (Å²) in [5.74, 6) is 1.11. The summed E-state index contributed by atoms with van der Waals surface area (Å²) < 4.78 is 1.84. The van der Waals surface area contributed by atoms with Gasteiger partial charge in [-0.3, -0.25) is 14.3 Å². The lowest BCUT2D eigenvalue weighted by Gasteiger charge is -2.12. The van der Waals surface area contributed by atoms with E-state index in [4.69, 9.17) is 0 Å². The van der Waals surface area contributed by atoms with Crippen LogP contribution in [0.25, 0.3) is 16.9 Å². The van der Waals surface area contributed by atoms with Gasteiger partial charge in [0.15, 0.2) is 5.82 Å². The predicted octanol–water partition coefficient (Wildman–Crippen LogP) is 3.79. The van der Waals surface area contributed by atoms with Crippen LogP contribution in [0.2, 0.25) is 0 Å². The monoisotopic (exact) mass is 352 g/mol. The van der Waals surface area contributed by atoms with Crippen LogP contribution in [0.3, 0.4) is 0 Å². The summed E-state index contributed by atoms with van der Waals surface area (Å²) in [6.45, 7) is 7.66. The van der Waals surface area contributed by atoms with Gasteiger partial charge in [-0.1, -0.05) is 20.9 Å². The minimum atomic E-state index is -0.259. The van der Waals surface area contributed by atoms with Crippen LogP contribution in [0.1, 0.15) is 27.7 Å². The molecule has 1 amide bonds. The van der Waals surface area contributed by atoms with Gasteiger partial charge in [-0.2, -0.15) is 0 Å². The lowest BCUT2D eigenvalue weighted by molar-refractivity contribution is -0.111. The van der Waals surface area contributed by atoms with Crippen molar-refractivity contribution in [3.63, 3.8) is 0 Å². The zero-order valence-corrected chi connectivity index (χ0v) is 14.2. The highest BCUT2D eigenvalue weighted by Gasteiger charge is 2.09. The number of carbonyl (C=O) groups excluding carboxylic acids is 1. The molecule has 7 heteroatoms. The minimum absolute atomic E-state index is 0. The van der Waals surface area contributed by atoms with Crippen molar-refractivity contribution in [3.05, 3.63) is 49.6 Å². The maximum absolute atomic E-state index is 11.5. The molecule has 0 saturated carbocycles. The van der Waals surface area contributed by atoms with Crippen LogP contribution < -0.4 is 10.6 Å². The van der Waals surface area contributed by atoms with Crippen molar-refractivity contribution in [1.82, 2.24) is 19.5 Å². The molecule has 0 bridgehead atoms. The van der Waals surface area contributed by atoms with Crippen molar-refractivity contribution in [1.29, 1.82) is 0 Å². The molecule has 0 aliphatic rings. The molecule has 136 valence electrons. The molecule has 1 aromatic carbocycles. The van der Waals surface area contributed by atoms with Crippen molar-refractivity contribution in [2.75, 3.05) is 10.6 Å². The number of rotatable bonds is 6. The minimum Gasteiger partial charge on any atom is -0.366 e. The summed E-state index contributed by atoms with van der Waals surface area (Å²) in [4.78, 5) is 24.8. The normalized spacial score (nSPS) is 11.5. The van der Waals surface area contributed by atoms with Gasteiger partial charge >= 0.3 is 0 Å². The molecular formula is C19H24N6O. The summed E-state index contributed by atoms with van der Waals surface area (Å²) in [5, 5.41) is 6.06. The second-order valence-electron chi connectivity index (χ2n) is 5.73. The molecule has 3 rings (SSSR count). The number of amides is 1. The van der Waals surface area contributed by atoms with E-state index in [0.717, 1.165) is 17.5 Å². The van der Waals surface area contributed by atoms with Gasteiger partial charge in [0.2, 0.25) is 5.91 Å². The number of hydrogen-bond donors (Lipinski definition) is 2. The van der Waals surface area contributed by atoms with Crippen molar-refractivity contribution in [3.8, 4) is 5.82 Å². The smallest absolute Gasteiger partial charge is 0.247 e. The highest BCUT2D eigenvalue weighted by molar-refractivity contribution is 6.00. The first-order valence-electron chi connectivity index (χ1n) is 8.10. The standard InChI is InChI=1S/C18H20N6O.CH4/c1-4-12(3)21-16-9-19-10-17(23-16)24-11-20-14-7-6-13(8-15(14)24)22-18(25)5-2;/h5-12H,2,4H2,1,3H3,(H,21,23)(H,22,25);1H4/t12-;/m0./s1. The Kier molecular flexibility index (Phi) is 6.06. The van der Waals surface area contributed by atoms with Crippen molar-refractivity contribution < 1.29 is 4.79 Å². The SMILES string of the molecule is C.C=CC(=O)Nc1ccc2ncn(-c3cncc(N[C@@H](C)CC)n3)c2c1. The van der Waals surface area contributed by atoms with Crippen LogP contribution in [0.4, 0.5) is 11.5 Å². The second-order valence-corrected chi connectivity index (χ2v) is 5.73. The number of carbonyl (C=O) groups is 1. The lowest BCUT2D eigenvalue weighted by atomic mass is 10.2. The highest BCUT2D eigenvalue weighted by Crippen LogP contribution is 2.21. The van der Waals surface area contributed by atoms with Gasteiger partial charge in [0.05, 0.1) is 23.4 Å². The number of fused-ring (bicyclic) bond motifs is 1. The fourth-order valence-electron chi connectivity index (χ4n) is 2.36. The van der Waals surface area contributed by atoms with E-state index in [-0.39, 0.29) is 13.3 Å². The molecule has 2 N–H and O–H groups in total. The number of hydrogen-bond acceptors (Lipinski definition) is 5. The lowest BCUT2D eigenvalue weighted by Crippen LogP contribution is -2.15. The van der Waals surface area contributed by atoms with E-state index in [0.29, 0.717) is 23.4 Å². The first-order valence-corrected chi connectivity index (χ1v) is 8.10. The molecule has 0 fully saturated rings. The first kappa shape index (κ1) is 19.1. The zero-order valence-electron chi connectivity index (χ0n) is 14.2. The number of benzene rings is 1. The molecule has 0 unspecified atom stereocenters. The summed E-state index contributed by atoms with van der Waals surface area (Å²) >= 11 is 0. The van der Waals surface area contributed by atoms with Crippen LogP contribution in [0.15, 0.2) is 49.6 Å². The van der Waals surface area contributed by atoms with Crippen molar-refractivity contribution in [2.24, 2.45) is 0 Å². The van der Waals surface area contributed by atoms with Gasteiger partial charge in [-0.05, 0) is 37.6 Å². The maximum Gasteiger partial charge on any atom is 0.247 e. The van der Waals surface area contributed by atoms with E-state index < -0.39 is 0 Å². The van der Waals surface area contributed by atoms with Gasteiger partial charge in [0.1, 0.15) is 12.1 Å². The largest absolute Gasteiger partial charge is 0.366 e. The number of nitrogens with one attached hydrogen (secondary N) is 2. The number of anilines is 2. The quantitative estimate of drug-likeness (QED) is 0.659. The summed E-state index contributed by atoms with van der Waals surface area (Å²) in [5.41, 5.74) is 2.30. The fourth-order valence-corrected chi connectivity index (χ4v) is 2.36. The molecule has 1 atom stereocenters. The maximum atomic E-state index is 11.5. The third kappa shape index (κ3) is 4.05. The van der Waals surface area contributed by atoms with Crippen LogP contribution in [0.5, 0.6) is 0 Å². The number of aromatic nitrogens is 4. The van der Waals surface area contributed by atoms with E-state index in [1.165, 1.54) is 6.08 Å². The van der Waals surface area contributed by atoms with Crippen molar-refractivity contribution in [2.45, 2.75) is 33.7 Å². The van der Waals surface area contributed by atoms with E-state index >= 15 is 0 Å². The Bertz CT molecular complexity index is 917. The molecular weight excluding hydrogens is 328 g/mol. The van der Waals surface area contributed by atoms with Crippen molar-refractivity contribution >= 4 is 28.4 Å². The van der Waals surface area contributed by atoms with E-state index in [9.17, 15) is 4.79 Å². The molecule has 2 heterocycles. The topological polar surface area (TPSA) is 84.7 Å². The van der Waals surface area contributed by atoms with Gasteiger partial charge in [0.25, 0.3) is 0 Å². The van der Waals surface area contributed by atoms with E-state index in [1.807, 2.05) is 16.7 Å². The molecule has 7 nitrogen and oxygen atoms in total. The van der Waals surface area contributed by atoms with E-state index in [1.54, 1.807) is 24.8 Å². The molecule has 26 heavy (non-hydrogen) atoms. The Labute approximate surface area is 153 Å². The molecule has 3 aromatic rings. The predicted molar refractivity (Wildman–Crippen MR) is 106 cm³/mol. The summed E-state index contributed by atoms with van der Waals surface area (Å²) in [6, 6.07) is 5.80. The molecule has 0 saturated heterocycles. The number of imidazole rings is 1. The van der Waals surface area contributed by atoms with Gasteiger partial charge in [-0.25, -0.2) is 9.97 Å². The van der Waals surface area contributed by atoms with Gasteiger partial charge in [0, 0.05) is 11.7 Å². The Morgan fingerprint density at radius 2 is 2.19 bits per heavy atom. The Balaban J connectivity index is 0.00000243. The third-order valence-electron chi connectivity index (χ3n) is 3.88. The fraction of sp³-hybridized carbons (Fsp3) is 0.263. The molecule has 0 aliphatic heterocycles. The van der Waals surface area contributed by atoms with Crippen LogP contribution in [-0.4, -0.2) is 31.5 Å². The van der Waals surface area contributed by atoms with E-state index in [2.05, 4.69) is 46.0 Å². The summed E-state index contributed by atoms with van der Waals surface area (Å²) in [7, 11) is 0. The third-order valence-corrected chi connectivity index (χ3v) is 3.88. The first-order chi connectivity index (χ1) is 12.1. The molecule has 2 aromatic heterocycles. The van der Waals surface area contributed by atoms with Crippen LogP contribution in [-0.2, 0) is 4.79 Å². The number of nitrogens with zero attached hydrogens (tertiary/aromatic N) is 4. The van der Waals surface area contributed by atoms with Gasteiger partial charge < -0.3 is 10.6 Å². The Morgan fingerprint density at radius 1 is 1.38 bits per heavy atom. The molecule has 0 aliphatic carbocycles. The van der Waals surface area contributed by atoms with Gasteiger partial charge in [-0.15, -0.1) is 0 Å². The second kappa shape index (κ2) is 8.24.